The third kappa shape index (κ3) is 3.16. The third-order valence-electron chi connectivity index (χ3n) is 2.12. The topological polar surface area (TPSA) is 37.8 Å². The predicted octanol–water partition coefficient (Wildman–Crippen LogP) is 3.62. The molecule has 90 valence electrons. The normalized spacial score (nSPS) is 10.8. The van der Waals surface area contributed by atoms with Gasteiger partial charge in [0.15, 0.2) is 0 Å². The van der Waals surface area contributed by atoms with Gasteiger partial charge in [0.25, 0.3) is 0 Å². The minimum atomic E-state index is 0.529. The molecular weight excluding hydrogens is 277 g/mol. The molecule has 3 nitrogen and oxygen atoms in total. The predicted molar refractivity (Wildman–Crippen MR) is 72.7 cm³/mol. The van der Waals surface area contributed by atoms with Crippen molar-refractivity contribution in [2.75, 3.05) is 6.54 Å². The molecule has 1 N–H and O–H groups in total. The van der Waals surface area contributed by atoms with Crippen molar-refractivity contribution in [3.63, 3.8) is 0 Å². The van der Waals surface area contributed by atoms with Gasteiger partial charge < -0.3 is 5.32 Å². The smallest absolute Gasteiger partial charge is 0.143 e. The minimum Gasteiger partial charge on any atom is -0.311 e. The summed E-state index contributed by atoms with van der Waals surface area (Å²) < 4.78 is 0. The van der Waals surface area contributed by atoms with Crippen LogP contribution < -0.4 is 5.32 Å². The number of nitrogens with one attached hydrogen (secondary N) is 1. The Morgan fingerprint density at radius 2 is 2.24 bits per heavy atom. The average molecular weight is 288 g/mol. The van der Waals surface area contributed by atoms with E-state index in [4.69, 9.17) is 23.2 Å². The molecule has 2 aromatic heterocycles. The molecule has 2 rings (SSSR count). The van der Waals surface area contributed by atoms with Crippen LogP contribution in [-0.2, 0) is 6.54 Å². The molecule has 0 saturated heterocycles. The molecule has 0 spiro atoms. The molecule has 0 saturated carbocycles. The largest absolute Gasteiger partial charge is 0.311 e. The van der Waals surface area contributed by atoms with Crippen LogP contribution in [0.1, 0.15) is 12.6 Å². The molecule has 0 unspecified atom stereocenters. The first-order valence-corrected chi connectivity index (χ1v) is 6.80. The van der Waals surface area contributed by atoms with Gasteiger partial charge in [0.05, 0.1) is 15.7 Å². The Morgan fingerprint density at radius 1 is 1.41 bits per heavy atom. The molecule has 0 aliphatic heterocycles. The number of halogens is 2. The molecule has 0 radical (unpaired) electrons. The average Bonchev–Trinajstić information content (AvgIpc) is 2.75. The standard InChI is InChI=1S/C11H11Cl2N3S/c1-2-14-5-8-6-17-11(16-8)10-9(13)3-7(12)4-15-10/h3-4,6,14H,2,5H2,1H3. The lowest BCUT2D eigenvalue weighted by Gasteiger charge is -1.99. The monoisotopic (exact) mass is 287 g/mol. The highest BCUT2D eigenvalue weighted by molar-refractivity contribution is 7.13. The molecule has 0 aromatic carbocycles. The van der Waals surface area contributed by atoms with Crippen LogP contribution in [0.4, 0.5) is 0 Å². The molecule has 0 bridgehead atoms. The summed E-state index contributed by atoms with van der Waals surface area (Å²) in [4.78, 5) is 8.68. The lowest BCUT2D eigenvalue weighted by molar-refractivity contribution is 0.714. The Kier molecular flexibility index (Phi) is 4.34. The van der Waals surface area contributed by atoms with Crippen molar-refractivity contribution < 1.29 is 0 Å². The van der Waals surface area contributed by atoms with E-state index in [-0.39, 0.29) is 0 Å². The summed E-state index contributed by atoms with van der Waals surface area (Å²) in [5.74, 6) is 0. The van der Waals surface area contributed by atoms with E-state index in [2.05, 4.69) is 22.2 Å². The second kappa shape index (κ2) is 5.78. The van der Waals surface area contributed by atoms with Gasteiger partial charge in [0.1, 0.15) is 10.7 Å². The van der Waals surface area contributed by atoms with Crippen molar-refractivity contribution in [2.45, 2.75) is 13.5 Å². The van der Waals surface area contributed by atoms with Crippen molar-refractivity contribution in [3.05, 3.63) is 33.4 Å². The number of nitrogens with zero attached hydrogens (tertiary/aromatic N) is 2. The van der Waals surface area contributed by atoms with E-state index < -0.39 is 0 Å². The van der Waals surface area contributed by atoms with Gasteiger partial charge in [0.2, 0.25) is 0 Å². The van der Waals surface area contributed by atoms with E-state index in [9.17, 15) is 0 Å². The van der Waals surface area contributed by atoms with E-state index in [1.807, 2.05) is 5.38 Å². The number of hydrogen-bond acceptors (Lipinski definition) is 4. The van der Waals surface area contributed by atoms with Gasteiger partial charge in [-0.1, -0.05) is 30.1 Å². The molecule has 17 heavy (non-hydrogen) atoms. The van der Waals surface area contributed by atoms with Crippen LogP contribution in [-0.4, -0.2) is 16.5 Å². The third-order valence-corrected chi connectivity index (χ3v) is 3.51. The molecule has 6 heteroatoms. The SMILES string of the molecule is CCNCc1csc(-c2ncc(Cl)cc2Cl)n1. The number of hydrogen-bond donors (Lipinski definition) is 1. The van der Waals surface area contributed by atoms with Crippen LogP contribution in [0.2, 0.25) is 10.0 Å². The number of rotatable bonds is 4. The second-order valence-corrected chi connectivity index (χ2v) is 5.11. The number of thiazole rings is 1. The molecular formula is C11H11Cl2N3S. The summed E-state index contributed by atoms with van der Waals surface area (Å²) in [6, 6.07) is 1.68. The fourth-order valence-electron chi connectivity index (χ4n) is 1.32. The lowest BCUT2D eigenvalue weighted by Crippen LogP contribution is -2.11. The van der Waals surface area contributed by atoms with E-state index in [0.29, 0.717) is 15.7 Å². The molecule has 0 aliphatic rings. The van der Waals surface area contributed by atoms with Crippen molar-refractivity contribution in [3.8, 4) is 10.7 Å². The molecule has 0 amide bonds. The van der Waals surface area contributed by atoms with Crippen LogP contribution in [0.3, 0.4) is 0 Å². The zero-order chi connectivity index (χ0) is 12.3. The van der Waals surface area contributed by atoms with Crippen molar-refractivity contribution in [1.82, 2.24) is 15.3 Å². The Balaban J connectivity index is 2.24. The molecule has 0 aliphatic carbocycles. The lowest BCUT2D eigenvalue weighted by atomic mass is 10.3. The van der Waals surface area contributed by atoms with E-state index in [1.165, 1.54) is 11.3 Å². The quantitative estimate of drug-likeness (QED) is 0.933. The fourth-order valence-corrected chi connectivity index (χ4v) is 2.68. The van der Waals surface area contributed by atoms with Crippen molar-refractivity contribution >= 4 is 34.5 Å². The molecule has 0 atom stereocenters. The first kappa shape index (κ1) is 12.8. The number of aromatic nitrogens is 2. The van der Waals surface area contributed by atoms with Crippen LogP contribution in [0, 0.1) is 0 Å². The second-order valence-electron chi connectivity index (χ2n) is 3.41. The summed E-state index contributed by atoms with van der Waals surface area (Å²) in [6.45, 7) is 3.75. The van der Waals surface area contributed by atoms with Gasteiger partial charge in [-0.3, -0.25) is 4.98 Å². The fraction of sp³-hybridized carbons (Fsp3) is 0.273. The maximum absolute atomic E-state index is 6.08. The maximum atomic E-state index is 6.08. The summed E-state index contributed by atoms with van der Waals surface area (Å²) >= 11 is 13.4. The maximum Gasteiger partial charge on any atom is 0.143 e. The van der Waals surface area contributed by atoms with E-state index in [1.54, 1.807) is 12.3 Å². The van der Waals surface area contributed by atoms with Gasteiger partial charge in [-0.25, -0.2) is 4.98 Å². The Hall–Kier alpha value is -0.680. The zero-order valence-corrected chi connectivity index (χ0v) is 11.5. The first-order valence-electron chi connectivity index (χ1n) is 5.17. The van der Waals surface area contributed by atoms with Gasteiger partial charge in [0, 0.05) is 18.1 Å². The van der Waals surface area contributed by atoms with Gasteiger partial charge in [-0.2, -0.15) is 0 Å². The Bertz CT molecular complexity index is 513. The van der Waals surface area contributed by atoms with Crippen LogP contribution >= 0.6 is 34.5 Å². The number of pyridine rings is 1. The van der Waals surface area contributed by atoms with Crippen LogP contribution in [0.25, 0.3) is 10.7 Å². The van der Waals surface area contributed by atoms with E-state index >= 15 is 0 Å². The van der Waals surface area contributed by atoms with Crippen molar-refractivity contribution in [2.24, 2.45) is 0 Å². The van der Waals surface area contributed by atoms with Gasteiger partial charge >= 0.3 is 0 Å². The summed E-state index contributed by atoms with van der Waals surface area (Å²) in [7, 11) is 0. The molecule has 0 fully saturated rings. The van der Waals surface area contributed by atoms with Crippen LogP contribution in [0.5, 0.6) is 0 Å². The highest BCUT2D eigenvalue weighted by Gasteiger charge is 2.10. The van der Waals surface area contributed by atoms with E-state index in [0.717, 1.165) is 23.8 Å². The highest BCUT2D eigenvalue weighted by atomic mass is 35.5. The Labute approximate surface area is 114 Å². The zero-order valence-electron chi connectivity index (χ0n) is 9.20. The van der Waals surface area contributed by atoms with Crippen LogP contribution in [0.15, 0.2) is 17.6 Å². The Morgan fingerprint density at radius 3 is 2.94 bits per heavy atom. The van der Waals surface area contributed by atoms with Crippen molar-refractivity contribution in [1.29, 1.82) is 0 Å². The summed E-state index contributed by atoms with van der Waals surface area (Å²) in [5, 5.41) is 7.11. The summed E-state index contributed by atoms with van der Waals surface area (Å²) in [5.41, 5.74) is 1.68. The van der Waals surface area contributed by atoms with Gasteiger partial charge in [-0.05, 0) is 12.6 Å². The summed E-state index contributed by atoms with van der Waals surface area (Å²) in [6.07, 6.45) is 1.58. The molecule has 2 heterocycles. The first-order chi connectivity index (χ1) is 8.20. The van der Waals surface area contributed by atoms with Gasteiger partial charge in [-0.15, -0.1) is 11.3 Å². The minimum absolute atomic E-state index is 0.529. The molecule has 2 aromatic rings. The highest BCUT2D eigenvalue weighted by Crippen LogP contribution is 2.30.